The second-order valence-electron chi connectivity index (χ2n) is 4.03. The lowest BCUT2D eigenvalue weighted by atomic mass is 10.1. The van der Waals surface area contributed by atoms with Gasteiger partial charge in [-0.25, -0.2) is 8.78 Å². The first kappa shape index (κ1) is 13.2. The van der Waals surface area contributed by atoms with E-state index in [1.807, 2.05) is 31.2 Å². The Kier molecular flexibility index (Phi) is 4.23. The second-order valence-corrected chi connectivity index (χ2v) is 4.03. The maximum Gasteiger partial charge on any atom is 0.145 e. The highest BCUT2D eigenvalue weighted by Crippen LogP contribution is 2.11. The van der Waals surface area contributed by atoms with Crippen LogP contribution in [-0.2, 0) is 11.4 Å². The molecule has 2 aromatic rings. The van der Waals surface area contributed by atoms with Crippen LogP contribution in [0.5, 0.6) is 0 Å². The standard InChI is InChI=1S/C15H12F2NO/c1-11-4-2-3-5-12(11)9-18-19-10-13-8-14(16)6-7-15(13)17/h2-8H,10H2,1H3. The van der Waals surface area contributed by atoms with Crippen molar-refractivity contribution in [3.05, 3.63) is 70.8 Å². The van der Waals surface area contributed by atoms with Crippen LogP contribution in [-0.4, -0.2) is 6.21 Å². The van der Waals surface area contributed by atoms with Crippen molar-refractivity contribution in [1.82, 2.24) is 0 Å². The summed E-state index contributed by atoms with van der Waals surface area (Å²) in [6, 6.07) is 10.7. The van der Waals surface area contributed by atoms with Crippen LogP contribution in [0.15, 0.2) is 47.6 Å². The first-order valence-corrected chi connectivity index (χ1v) is 5.74. The van der Waals surface area contributed by atoms with E-state index in [0.29, 0.717) is 0 Å². The molecule has 2 aromatic carbocycles. The van der Waals surface area contributed by atoms with Crippen LogP contribution in [0.1, 0.15) is 16.7 Å². The third-order valence-electron chi connectivity index (χ3n) is 2.60. The quantitative estimate of drug-likeness (QED) is 0.606. The Morgan fingerprint density at radius 1 is 1.16 bits per heavy atom. The van der Waals surface area contributed by atoms with Crippen LogP contribution in [0.3, 0.4) is 0 Å². The summed E-state index contributed by atoms with van der Waals surface area (Å²) in [6.07, 6.45) is 2.70. The van der Waals surface area contributed by atoms with Crippen molar-refractivity contribution in [3.8, 4) is 0 Å². The lowest BCUT2D eigenvalue weighted by Crippen LogP contribution is -1.94. The molecule has 0 aliphatic rings. The topological polar surface area (TPSA) is 21.6 Å². The summed E-state index contributed by atoms with van der Waals surface area (Å²) >= 11 is 0. The maximum absolute atomic E-state index is 13.3. The zero-order chi connectivity index (χ0) is 13.7. The molecule has 0 saturated heterocycles. The molecule has 0 unspecified atom stereocenters. The van der Waals surface area contributed by atoms with E-state index in [1.165, 1.54) is 0 Å². The van der Waals surface area contributed by atoms with Crippen LogP contribution >= 0.6 is 0 Å². The number of aryl methyl sites for hydroxylation is 1. The lowest BCUT2D eigenvalue weighted by molar-refractivity contribution is 0.129. The third-order valence-corrected chi connectivity index (χ3v) is 2.60. The van der Waals surface area contributed by atoms with Crippen LogP contribution < -0.4 is 0 Å². The van der Waals surface area contributed by atoms with Gasteiger partial charge >= 0.3 is 0 Å². The third kappa shape index (κ3) is 3.61. The summed E-state index contributed by atoms with van der Waals surface area (Å²) < 4.78 is 26.2. The molecule has 0 fully saturated rings. The summed E-state index contributed by atoms with van der Waals surface area (Å²) in [5, 5.41) is 3.63. The molecule has 0 aliphatic carbocycles. The van der Waals surface area contributed by atoms with Gasteiger partial charge in [-0.2, -0.15) is 0 Å². The molecule has 0 aromatic heterocycles. The Hall–Kier alpha value is -2.23. The minimum Gasteiger partial charge on any atom is -0.390 e. The van der Waals surface area contributed by atoms with Crippen LogP contribution in [0.25, 0.3) is 0 Å². The monoisotopic (exact) mass is 260 g/mol. The van der Waals surface area contributed by atoms with E-state index in [0.717, 1.165) is 29.3 Å². The number of benzene rings is 2. The van der Waals surface area contributed by atoms with Gasteiger partial charge in [0.15, 0.2) is 0 Å². The van der Waals surface area contributed by atoms with Crippen molar-refractivity contribution >= 4 is 6.21 Å². The number of rotatable bonds is 4. The first-order chi connectivity index (χ1) is 9.16. The summed E-state index contributed by atoms with van der Waals surface area (Å²) in [5.74, 6) is -1.03. The van der Waals surface area contributed by atoms with Gasteiger partial charge in [0.1, 0.15) is 24.5 Å². The molecule has 0 atom stereocenters. The Balaban J connectivity index is 1.97. The van der Waals surface area contributed by atoms with E-state index < -0.39 is 11.6 Å². The van der Waals surface area contributed by atoms with Crippen molar-refractivity contribution in [2.24, 2.45) is 5.16 Å². The largest absolute Gasteiger partial charge is 0.390 e. The molecule has 0 heterocycles. The second kappa shape index (κ2) is 6.09. The smallest absolute Gasteiger partial charge is 0.145 e. The molecule has 19 heavy (non-hydrogen) atoms. The molecule has 0 amide bonds. The zero-order valence-electron chi connectivity index (χ0n) is 10.4. The lowest BCUT2D eigenvalue weighted by Gasteiger charge is -2.02. The number of halogens is 2. The molecule has 0 spiro atoms. The fourth-order valence-electron chi connectivity index (χ4n) is 1.54. The van der Waals surface area contributed by atoms with Crippen LogP contribution in [0, 0.1) is 18.6 Å². The molecular weight excluding hydrogens is 248 g/mol. The Bertz CT molecular complexity index is 596. The van der Waals surface area contributed by atoms with Gasteiger partial charge in [-0.05, 0) is 30.7 Å². The summed E-state index contributed by atoms with van der Waals surface area (Å²) in [4.78, 5) is 4.92. The van der Waals surface area contributed by atoms with E-state index in [9.17, 15) is 8.78 Å². The number of hydrogen-bond acceptors (Lipinski definition) is 2. The summed E-state index contributed by atoms with van der Waals surface area (Å²) in [5.41, 5.74) is 1.92. The van der Waals surface area contributed by atoms with Crippen molar-refractivity contribution < 1.29 is 13.6 Å². The molecule has 97 valence electrons. The summed E-state index contributed by atoms with van der Waals surface area (Å²) in [6.45, 7) is 1.78. The van der Waals surface area contributed by atoms with E-state index in [4.69, 9.17) is 4.84 Å². The first-order valence-electron chi connectivity index (χ1n) is 5.74. The van der Waals surface area contributed by atoms with Gasteiger partial charge < -0.3 is 4.84 Å². The van der Waals surface area contributed by atoms with Crippen LogP contribution in [0.2, 0.25) is 0 Å². The average molecular weight is 260 g/mol. The highest BCUT2D eigenvalue weighted by atomic mass is 19.1. The Morgan fingerprint density at radius 3 is 2.74 bits per heavy atom. The fraction of sp³-hybridized carbons (Fsp3) is 0.133. The fourth-order valence-corrected chi connectivity index (χ4v) is 1.54. The SMILES string of the molecule is Cc1ccccc1/[C]=N\OCc1cc(F)ccc1F. The molecule has 0 N–H and O–H groups in total. The maximum atomic E-state index is 13.3. The number of hydrogen-bond donors (Lipinski definition) is 0. The van der Waals surface area contributed by atoms with Crippen molar-refractivity contribution in [2.75, 3.05) is 0 Å². The molecule has 1 radical (unpaired) electrons. The van der Waals surface area contributed by atoms with Gasteiger partial charge in [0.2, 0.25) is 0 Å². The van der Waals surface area contributed by atoms with Gasteiger partial charge in [0.05, 0.1) is 0 Å². The predicted octanol–water partition coefficient (Wildman–Crippen LogP) is 3.70. The predicted molar refractivity (Wildman–Crippen MR) is 68.9 cm³/mol. The zero-order valence-corrected chi connectivity index (χ0v) is 10.4. The summed E-state index contributed by atoms with van der Waals surface area (Å²) in [7, 11) is 0. The highest BCUT2D eigenvalue weighted by molar-refractivity contribution is 5.81. The van der Waals surface area contributed by atoms with Crippen molar-refractivity contribution in [1.29, 1.82) is 0 Å². The van der Waals surface area contributed by atoms with Crippen molar-refractivity contribution in [3.63, 3.8) is 0 Å². The molecule has 2 nitrogen and oxygen atoms in total. The molecule has 0 aliphatic heterocycles. The van der Waals surface area contributed by atoms with Gasteiger partial charge in [0, 0.05) is 11.1 Å². The van der Waals surface area contributed by atoms with E-state index in [2.05, 4.69) is 11.4 Å². The normalized spacial score (nSPS) is 10.9. The Labute approximate surface area is 110 Å². The van der Waals surface area contributed by atoms with Gasteiger partial charge in [0.25, 0.3) is 0 Å². The van der Waals surface area contributed by atoms with E-state index >= 15 is 0 Å². The highest BCUT2D eigenvalue weighted by Gasteiger charge is 2.03. The molecule has 4 heteroatoms. The molecular formula is C15H12F2NO. The molecule has 0 bridgehead atoms. The van der Waals surface area contributed by atoms with E-state index in [1.54, 1.807) is 0 Å². The number of nitrogens with zero attached hydrogens (tertiary/aromatic N) is 1. The molecule has 0 saturated carbocycles. The minimum absolute atomic E-state index is 0.121. The Morgan fingerprint density at radius 2 is 1.95 bits per heavy atom. The van der Waals surface area contributed by atoms with Gasteiger partial charge in [-0.1, -0.05) is 29.4 Å². The minimum atomic E-state index is -0.521. The average Bonchev–Trinajstić information content (AvgIpc) is 2.40. The van der Waals surface area contributed by atoms with E-state index in [-0.39, 0.29) is 12.2 Å². The van der Waals surface area contributed by atoms with Crippen molar-refractivity contribution in [2.45, 2.75) is 13.5 Å². The van der Waals surface area contributed by atoms with Crippen LogP contribution in [0.4, 0.5) is 8.78 Å². The van der Waals surface area contributed by atoms with Gasteiger partial charge in [-0.3, -0.25) is 0 Å². The molecule has 2 rings (SSSR count). The van der Waals surface area contributed by atoms with Gasteiger partial charge in [-0.15, -0.1) is 0 Å².